The van der Waals surface area contributed by atoms with Gasteiger partial charge in [0.25, 0.3) is 0 Å². The van der Waals surface area contributed by atoms with Gasteiger partial charge in [0.05, 0.1) is 12.3 Å². The highest BCUT2D eigenvalue weighted by Gasteiger charge is 2.14. The molecule has 0 N–H and O–H groups in total. The Balaban J connectivity index is 0.00000106. The number of nitrogens with zero attached hydrogens (tertiary/aromatic N) is 1. The topological polar surface area (TPSA) is 29.5 Å². The van der Waals surface area contributed by atoms with Gasteiger partial charge in [-0.05, 0) is 5.56 Å². The Hall–Kier alpha value is -1.74. The standard InChI is InChI=1S/C15H16ClNO2.C2H6/c1-17-10-15(8-14(18)7-13(17)9-16)19-11-12-5-3-2-4-6-12;1-2/h2-7,10H,8-9,11H2,1H3;1-2H3. The first kappa shape index (κ1) is 17.3. The molecule has 0 atom stereocenters. The van der Waals surface area contributed by atoms with E-state index in [0.717, 1.165) is 11.3 Å². The van der Waals surface area contributed by atoms with Crippen LogP contribution >= 0.6 is 11.6 Å². The van der Waals surface area contributed by atoms with Gasteiger partial charge in [0.15, 0.2) is 5.78 Å². The molecular weight excluding hydrogens is 286 g/mol. The minimum atomic E-state index is 0.0133. The Morgan fingerprint density at radius 2 is 1.90 bits per heavy atom. The van der Waals surface area contributed by atoms with Crippen LogP contribution in [0.4, 0.5) is 0 Å². The Morgan fingerprint density at radius 1 is 1.24 bits per heavy atom. The molecule has 0 fully saturated rings. The molecule has 0 amide bonds. The smallest absolute Gasteiger partial charge is 0.165 e. The molecule has 1 aliphatic heterocycles. The molecule has 1 aromatic carbocycles. The maximum Gasteiger partial charge on any atom is 0.165 e. The van der Waals surface area contributed by atoms with E-state index in [4.69, 9.17) is 16.3 Å². The number of hydrogen-bond donors (Lipinski definition) is 0. The van der Waals surface area contributed by atoms with Gasteiger partial charge in [-0.25, -0.2) is 0 Å². The third kappa shape index (κ3) is 5.64. The van der Waals surface area contributed by atoms with Crippen LogP contribution in [0.25, 0.3) is 0 Å². The van der Waals surface area contributed by atoms with Gasteiger partial charge in [0, 0.05) is 25.0 Å². The van der Waals surface area contributed by atoms with Gasteiger partial charge in [-0.3, -0.25) is 4.79 Å². The molecule has 1 aromatic rings. The summed E-state index contributed by atoms with van der Waals surface area (Å²) in [6, 6.07) is 9.87. The molecule has 0 spiro atoms. The summed E-state index contributed by atoms with van der Waals surface area (Å²) in [6.45, 7) is 4.46. The third-order valence-electron chi connectivity index (χ3n) is 2.87. The molecule has 2 rings (SSSR count). The van der Waals surface area contributed by atoms with Crippen molar-refractivity contribution in [2.45, 2.75) is 26.9 Å². The molecular formula is C17H22ClNO2. The molecule has 21 heavy (non-hydrogen) atoms. The minimum Gasteiger partial charge on any atom is -0.491 e. The predicted octanol–water partition coefficient (Wildman–Crippen LogP) is 4.10. The number of halogens is 1. The average Bonchev–Trinajstić information content (AvgIpc) is 2.66. The van der Waals surface area contributed by atoms with Crippen LogP contribution in [0.2, 0.25) is 0 Å². The van der Waals surface area contributed by atoms with Crippen LogP contribution in [0, 0.1) is 0 Å². The van der Waals surface area contributed by atoms with E-state index >= 15 is 0 Å². The zero-order chi connectivity index (χ0) is 15.7. The number of carbonyl (C=O) groups excluding carboxylic acids is 1. The lowest BCUT2D eigenvalue weighted by atomic mass is 10.2. The maximum absolute atomic E-state index is 11.7. The molecule has 3 nitrogen and oxygen atoms in total. The average molecular weight is 308 g/mol. The summed E-state index contributed by atoms with van der Waals surface area (Å²) in [5, 5.41) is 0. The van der Waals surface area contributed by atoms with Crippen LogP contribution in [-0.4, -0.2) is 23.6 Å². The minimum absolute atomic E-state index is 0.0133. The largest absolute Gasteiger partial charge is 0.491 e. The Labute approximate surface area is 131 Å². The van der Waals surface area contributed by atoms with Gasteiger partial charge in [0.1, 0.15) is 12.4 Å². The fourth-order valence-corrected chi connectivity index (χ4v) is 2.09. The molecule has 0 radical (unpaired) electrons. The zero-order valence-corrected chi connectivity index (χ0v) is 13.6. The van der Waals surface area contributed by atoms with Crippen molar-refractivity contribution in [2.24, 2.45) is 0 Å². The Kier molecular flexibility index (Phi) is 7.62. The van der Waals surface area contributed by atoms with Gasteiger partial charge in [0.2, 0.25) is 0 Å². The summed E-state index contributed by atoms with van der Waals surface area (Å²) in [4.78, 5) is 13.6. The van der Waals surface area contributed by atoms with E-state index < -0.39 is 0 Å². The van der Waals surface area contributed by atoms with Gasteiger partial charge < -0.3 is 9.64 Å². The van der Waals surface area contributed by atoms with Crippen LogP contribution in [-0.2, 0) is 16.1 Å². The van der Waals surface area contributed by atoms with Crippen molar-refractivity contribution in [1.82, 2.24) is 4.90 Å². The van der Waals surface area contributed by atoms with Gasteiger partial charge in [-0.1, -0.05) is 44.2 Å². The summed E-state index contributed by atoms with van der Waals surface area (Å²) < 4.78 is 5.70. The normalized spacial score (nSPS) is 14.5. The predicted molar refractivity (Wildman–Crippen MR) is 86.9 cm³/mol. The van der Waals surface area contributed by atoms with Crippen molar-refractivity contribution in [1.29, 1.82) is 0 Å². The molecule has 1 heterocycles. The highest BCUT2D eigenvalue weighted by atomic mass is 35.5. The first-order valence-electron chi connectivity index (χ1n) is 7.08. The molecule has 0 saturated carbocycles. The second-order valence-electron chi connectivity index (χ2n) is 4.39. The summed E-state index contributed by atoms with van der Waals surface area (Å²) >= 11 is 5.80. The van der Waals surface area contributed by atoms with Crippen molar-refractivity contribution in [3.8, 4) is 0 Å². The number of rotatable bonds is 4. The summed E-state index contributed by atoms with van der Waals surface area (Å²) in [6.07, 6.45) is 3.67. The van der Waals surface area contributed by atoms with Crippen LogP contribution in [0.3, 0.4) is 0 Å². The fourth-order valence-electron chi connectivity index (χ4n) is 1.83. The number of benzene rings is 1. The number of carbonyl (C=O) groups is 1. The summed E-state index contributed by atoms with van der Waals surface area (Å²) in [7, 11) is 1.86. The van der Waals surface area contributed by atoms with E-state index in [-0.39, 0.29) is 12.2 Å². The van der Waals surface area contributed by atoms with E-state index in [1.165, 1.54) is 0 Å². The number of ether oxygens (including phenoxy) is 1. The van der Waals surface area contributed by atoms with E-state index in [0.29, 0.717) is 18.2 Å². The number of ketones is 1. The molecule has 0 bridgehead atoms. The van der Waals surface area contributed by atoms with Crippen molar-refractivity contribution in [2.75, 3.05) is 12.9 Å². The molecule has 0 aliphatic carbocycles. The molecule has 114 valence electrons. The quantitative estimate of drug-likeness (QED) is 0.784. The highest BCUT2D eigenvalue weighted by Crippen LogP contribution is 2.18. The van der Waals surface area contributed by atoms with Crippen molar-refractivity contribution >= 4 is 17.4 Å². The molecule has 0 unspecified atom stereocenters. The van der Waals surface area contributed by atoms with Gasteiger partial charge in [-0.2, -0.15) is 0 Å². The van der Waals surface area contributed by atoms with Crippen LogP contribution in [0.5, 0.6) is 0 Å². The van der Waals surface area contributed by atoms with E-state index in [2.05, 4.69) is 0 Å². The zero-order valence-electron chi connectivity index (χ0n) is 12.8. The van der Waals surface area contributed by atoms with Crippen LogP contribution in [0.1, 0.15) is 25.8 Å². The van der Waals surface area contributed by atoms with Gasteiger partial charge >= 0.3 is 0 Å². The van der Waals surface area contributed by atoms with Crippen LogP contribution < -0.4 is 0 Å². The molecule has 0 saturated heterocycles. The van der Waals surface area contributed by atoms with Crippen molar-refractivity contribution in [3.05, 3.63) is 59.6 Å². The lowest BCUT2D eigenvalue weighted by molar-refractivity contribution is -0.114. The molecule has 1 aliphatic rings. The second kappa shape index (κ2) is 9.24. The third-order valence-corrected chi connectivity index (χ3v) is 3.14. The van der Waals surface area contributed by atoms with E-state index in [1.807, 2.05) is 62.3 Å². The van der Waals surface area contributed by atoms with Crippen molar-refractivity contribution in [3.63, 3.8) is 0 Å². The highest BCUT2D eigenvalue weighted by molar-refractivity contribution is 6.19. The van der Waals surface area contributed by atoms with Crippen molar-refractivity contribution < 1.29 is 9.53 Å². The van der Waals surface area contributed by atoms with Gasteiger partial charge in [-0.15, -0.1) is 11.6 Å². The number of hydrogen-bond acceptors (Lipinski definition) is 3. The maximum atomic E-state index is 11.7. The summed E-state index contributed by atoms with van der Waals surface area (Å²) in [5.74, 6) is 0.983. The van der Waals surface area contributed by atoms with E-state index in [1.54, 1.807) is 6.08 Å². The monoisotopic (exact) mass is 307 g/mol. The second-order valence-corrected chi connectivity index (χ2v) is 4.66. The SMILES string of the molecule is CC.CN1C=C(OCc2ccccc2)CC(=O)C=C1CCl. The number of alkyl halides is 1. The Morgan fingerprint density at radius 3 is 2.52 bits per heavy atom. The lowest BCUT2D eigenvalue weighted by Crippen LogP contribution is -2.11. The summed E-state index contributed by atoms with van der Waals surface area (Å²) in [5.41, 5.74) is 1.86. The molecule has 4 heteroatoms. The number of allylic oxidation sites excluding steroid dienone is 3. The van der Waals surface area contributed by atoms with Crippen LogP contribution in [0.15, 0.2) is 54.1 Å². The molecule has 0 aromatic heterocycles. The fraction of sp³-hybridized carbons (Fsp3) is 0.353. The first-order valence-corrected chi connectivity index (χ1v) is 7.62. The van der Waals surface area contributed by atoms with E-state index in [9.17, 15) is 4.79 Å². The Bertz CT molecular complexity index is 509. The lowest BCUT2D eigenvalue weighted by Gasteiger charge is -2.16. The first-order chi connectivity index (χ1) is 10.2.